The van der Waals surface area contributed by atoms with Gasteiger partial charge in [0.1, 0.15) is 5.75 Å². The first-order chi connectivity index (χ1) is 6.63. The van der Waals surface area contributed by atoms with Crippen molar-refractivity contribution in [1.29, 1.82) is 0 Å². The lowest BCUT2D eigenvalue weighted by atomic mass is 10.2. The van der Waals surface area contributed by atoms with Crippen LogP contribution in [0.1, 0.15) is 5.56 Å². The van der Waals surface area contributed by atoms with Crippen LogP contribution in [0.15, 0.2) is 18.2 Å². The van der Waals surface area contributed by atoms with E-state index in [1.54, 1.807) is 18.2 Å². The lowest BCUT2D eigenvalue weighted by Crippen LogP contribution is -2.20. The van der Waals surface area contributed by atoms with Crippen molar-refractivity contribution in [3.63, 3.8) is 0 Å². The minimum absolute atomic E-state index is 0.112. The summed E-state index contributed by atoms with van der Waals surface area (Å²) in [5.74, 6) is 0.151. The second-order valence-corrected chi connectivity index (χ2v) is 3.56. The highest BCUT2D eigenvalue weighted by Crippen LogP contribution is 2.24. The molecule has 2 N–H and O–H groups in total. The van der Waals surface area contributed by atoms with Gasteiger partial charge in [0, 0.05) is 5.02 Å². The number of carbonyl (C=O) groups excluding carboxylic acids is 1. The molecule has 5 heteroatoms. The minimum atomic E-state index is -0.491. The van der Waals surface area contributed by atoms with Gasteiger partial charge in [-0.1, -0.05) is 11.6 Å². The van der Waals surface area contributed by atoms with Crippen LogP contribution in [0, 0.1) is 0 Å². The van der Waals surface area contributed by atoms with Gasteiger partial charge in [-0.25, -0.2) is 0 Å². The summed E-state index contributed by atoms with van der Waals surface area (Å²) < 4.78 is 5.20. The predicted molar refractivity (Wildman–Crippen MR) is 59.6 cm³/mol. The van der Waals surface area contributed by atoms with Gasteiger partial charge < -0.3 is 10.5 Å². The van der Waals surface area contributed by atoms with Crippen molar-refractivity contribution in [2.24, 2.45) is 5.73 Å². The van der Waals surface area contributed by atoms with Crippen molar-refractivity contribution in [1.82, 2.24) is 0 Å². The van der Waals surface area contributed by atoms with Crippen LogP contribution in [0.25, 0.3) is 0 Å². The van der Waals surface area contributed by atoms with Crippen LogP contribution >= 0.6 is 20.8 Å². The molecule has 1 amide bonds. The molecule has 0 saturated carbocycles. The summed E-state index contributed by atoms with van der Waals surface area (Å²) in [7, 11) is 2.57. The lowest BCUT2D eigenvalue weighted by Gasteiger charge is -2.08. The van der Waals surface area contributed by atoms with E-state index in [0.29, 0.717) is 16.9 Å². The Morgan fingerprint density at radius 1 is 1.57 bits per heavy atom. The molecule has 14 heavy (non-hydrogen) atoms. The van der Waals surface area contributed by atoms with Crippen LogP contribution in [0.3, 0.4) is 0 Å². The summed E-state index contributed by atoms with van der Waals surface area (Å²) in [4.78, 5) is 10.5. The average molecular weight is 232 g/mol. The summed E-state index contributed by atoms with van der Waals surface area (Å²) >= 11 is 5.80. The SMILES string of the molecule is NC(=O)COc1ccc(Cl)cc1CP. The second kappa shape index (κ2) is 5.18. The molecule has 0 heterocycles. The molecule has 1 aromatic rings. The van der Waals surface area contributed by atoms with Crippen LogP contribution in [-0.2, 0) is 11.0 Å². The first kappa shape index (κ1) is 11.3. The maximum absolute atomic E-state index is 10.5. The third kappa shape index (κ3) is 3.17. The summed E-state index contributed by atoms with van der Waals surface area (Å²) in [6.45, 7) is -0.112. The van der Waals surface area contributed by atoms with E-state index in [4.69, 9.17) is 22.1 Å². The lowest BCUT2D eigenvalue weighted by molar-refractivity contribution is -0.119. The number of hydrogen-bond donors (Lipinski definition) is 1. The molecule has 0 saturated heterocycles. The summed E-state index contributed by atoms with van der Waals surface area (Å²) in [5, 5.41) is 0.647. The Balaban J connectivity index is 2.80. The summed E-state index contributed by atoms with van der Waals surface area (Å²) in [6, 6.07) is 5.23. The van der Waals surface area contributed by atoms with Gasteiger partial charge in [-0.15, -0.1) is 9.24 Å². The fourth-order valence-electron chi connectivity index (χ4n) is 0.997. The normalized spacial score (nSPS) is 9.86. The molecule has 0 spiro atoms. The number of carbonyl (C=O) groups is 1. The molecular formula is C9H11ClNO2P. The van der Waals surface area contributed by atoms with E-state index in [2.05, 4.69) is 9.24 Å². The molecule has 0 aliphatic carbocycles. The topological polar surface area (TPSA) is 52.3 Å². The third-order valence-corrected chi connectivity index (χ3v) is 2.29. The van der Waals surface area contributed by atoms with E-state index in [9.17, 15) is 4.79 Å². The number of amides is 1. The van der Waals surface area contributed by atoms with E-state index in [0.717, 1.165) is 5.56 Å². The maximum atomic E-state index is 10.5. The monoisotopic (exact) mass is 231 g/mol. The zero-order valence-corrected chi connectivity index (χ0v) is 9.41. The van der Waals surface area contributed by atoms with Crippen molar-refractivity contribution in [3.05, 3.63) is 28.8 Å². The Bertz CT molecular complexity index is 344. The second-order valence-electron chi connectivity index (χ2n) is 2.71. The molecule has 0 fully saturated rings. The van der Waals surface area contributed by atoms with Crippen molar-refractivity contribution >= 4 is 26.7 Å². The number of ether oxygens (including phenoxy) is 1. The molecule has 0 radical (unpaired) electrons. The summed E-state index contributed by atoms with van der Waals surface area (Å²) in [6.07, 6.45) is 0.717. The number of primary amides is 1. The fourth-order valence-corrected chi connectivity index (χ4v) is 1.51. The molecule has 0 bridgehead atoms. The van der Waals surface area contributed by atoms with Gasteiger partial charge in [-0.05, 0) is 29.9 Å². The number of hydrogen-bond acceptors (Lipinski definition) is 2. The molecule has 0 aromatic heterocycles. The quantitative estimate of drug-likeness (QED) is 0.800. The van der Waals surface area contributed by atoms with Gasteiger partial charge in [0.05, 0.1) is 0 Å². The first-order valence-electron chi connectivity index (χ1n) is 4.03. The van der Waals surface area contributed by atoms with Crippen molar-refractivity contribution < 1.29 is 9.53 Å². The van der Waals surface area contributed by atoms with Crippen LogP contribution in [0.2, 0.25) is 5.02 Å². The number of benzene rings is 1. The van der Waals surface area contributed by atoms with Crippen LogP contribution in [0.5, 0.6) is 5.75 Å². The van der Waals surface area contributed by atoms with Gasteiger partial charge >= 0.3 is 0 Å². The number of nitrogens with two attached hydrogens (primary N) is 1. The number of rotatable bonds is 4. The Hall–Kier alpha value is -0.790. The number of halogens is 1. The Kier molecular flexibility index (Phi) is 4.18. The first-order valence-corrected chi connectivity index (χ1v) is 5.22. The highest BCUT2D eigenvalue weighted by molar-refractivity contribution is 7.15. The van der Waals surface area contributed by atoms with E-state index < -0.39 is 5.91 Å². The summed E-state index contributed by atoms with van der Waals surface area (Å²) in [5.41, 5.74) is 5.90. The molecule has 0 aliphatic heterocycles. The van der Waals surface area contributed by atoms with Gasteiger partial charge in [0.25, 0.3) is 5.91 Å². The Morgan fingerprint density at radius 3 is 2.86 bits per heavy atom. The Morgan fingerprint density at radius 2 is 2.29 bits per heavy atom. The molecular weight excluding hydrogens is 221 g/mol. The van der Waals surface area contributed by atoms with E-state index >= 15 is 0 Å². The standard InChI is InChI=1S/C9H11ClNO2P/c10-7-1-2-8(6(3-7)5-14)13-4-9(11)12/h1-3H,4-5,14H2,(H2,11,12). The van der Waals surface area contributed by atoms with Crippen molar-refractivity contribution in [2.75, 3.05) is 6.61 Å². The zero-order chi connectivity index (χ0) is 10.6. The van der Waals surface area contributed by atoms with Gasteiger partial charge in [0.15, 0.2) is 6.61 Å². The van der Waals surface area contributed by atoms with Gasteiger partial charge in [-0.2, -0.15) is 0 Å². The maximum Gasteiger partial charge on any atom is 0.255 e. The molecule has 1 unspecified atom stereocenters. The van der Waals surface area contributed by atoms with E-state index in [1.807, 2.05) is 0 Å². The minimum Gasteiger partial charge on any atom is -0.483 e. The average Bonchev–Trinajstić information content (AvgIpc) is 2.15. The molecule has 0 aliphatic rings. The third-order valence-electron chi connectivity index (χ3n) is 1.61. The van der Waals surface area contributed by atoms with Crippen LogP contribution in [0.4, 0.5) is 0 Å². The van der Waals surface area contributed by atoms with Crippen LogP contribution < -0.4 is 10.5 Å². The molecule has 1 aromatic carbocycles. The van der Waals surface area contributed by atoms with E-state index in [1.165, 1.54) is 0 Å². The molecule has 76 valence electrons. The predicted octanol–water partition coefficient (Wildman–Crippen LogP) is 1.58. The van der Waals surface area contributed by atoms with Crippen molar-refractivity contribution in [3.8, 4) is 5.75 Å². The highest BCUT2D eigenvalue weighted by atomic mass is 35.5. The molecule has 3 nitrogen and oxygen atoms in total. The van der Waals surface area contributed by atoms with Gasteiger partial charge in [-0.3, -0.25) is 4.79 Å². The van der Waals surface area contributed by atoms with E-state index in [-0.39, 0.29) is 6.61 Å². The van der Waals surface area contributed by atoms with Gasteiger partial charge in [0.2, 0.25) is 0 Å². The zero-order valence-electron chi connectivity index (χ0n) is 7.50. The smallest absolute Gasteiger partial charge is 0.255 e. The molecule has 1 rings (SSSR count). The fraction of sp³-hybridized carbons (Fsp3) is 0.222. The van der Waals surface area contributed by atoms with Crippen molar-refractivity contribution in [2.45, 2.75) is 6.16 Å². The largest absolute Gasteiger partial charge is 0.483 e. The highest BCUT2D eigenvalue weighted by Gasteiger charge is 2.04. The van der Waals surface area contributed by atoms with Crippen LogP contribution in [-0.4, -0.2) is 12.5 Å². The Labute approximate surface area is 89.8 Å². The molecule has 1 atom stereocenters.